The number of hydrogen-bond acceptors (Lipinski definition) is 2. The Bertz CT molecular complexity index is 566. The summed E-state index contributed by atoms with van der Waals surface area (Å²) in [5.74, 6) is 1.36. The molecular weight excluding hydrogens is 498 g/mol. The number of benzene rings is 1. The van der Waals surface area contributed by atoms with Gasteiger partial charge < -0.3 is 15.1 Å². The molecule has 0 aliphatic carbocycles. The van der Waals surface area contributed by atoms with Crippen molar-refractivity contribution in [3.8, 4) is 0 Å². The quantitative estimate of drug-likeness (QED) is 0.346. The molecule has 1 saturated heterocycles. The van der Waals surface area contributed by atoms with Gasteiger partial charge in [-0.15, -0.1) is 24.0 Å². The van der Waals surface area contributed by atoms with Gasteiger partial charge in [0.2, 0.25) is 0 Å². The largest absolute Gasteiger partial charge is 0.352 e. The lowest BCUT2D eigenvalue weighted by molar-refractivity contribution is 0.255. The third-order valence-corrected chi connectivity index (χ3v) is 5.29. The third-order valence-electron chi connectivity index (χ3n) is 4.64. The van der Waals surface area contributed by atoms with Crippen molar-refractivity contribution < 1.29 is 4.39 Å². The van der Waals surface area contributed by atoms with Crippen LogP contribution in [0.2, 0.25) is 0 Å². The summed E-state index contributed by atoms with van der Waals surface area (Å²) >= 11 is 3.18. The van der Waals surface area contributed by atoms with Crippen LogP contribution in [-0.4, -0.2) is 55.5 Å². The molecule has 7 heteroatoms. The molecule has 0 radical (unpaired) electrons. The van der Waals surface area contributed by atoms with Crippen LogP contribution >= 0.6 is 39.9 Å². The highest BCUT2D eigenvalue weighted by Gasteiger charge is 2.25. The number of hydrogen-bond donors (Lipinski definition) is 1. The predicted molar refractivity (Wildman–Crippen MR) is 117 cm³/mol. The molecule has 1 unspecified atom stereocenters. The first kappa shape index (κ1) is 22.6. The Morgan fingerprint density at radius 1 is 1.40 bits per heavy atom. The number of nitrogens with zero attached hydrogens (tertiary/aromatic N) is 3. The van der Waals surface area contributed by atoms with Crippen LogP contribution in [0.1, 0.15) is 25.8 Å². The van der Waals surface area contributed by atoms with E-state index in [1.807, 2.05) is 13.1 Å². The van der Waals surface area contributed by atoms with Gasteiger partial charge in [0.15, 0.2) is 5.96 Å². The van der Waals surface area contributed by atoms with Gasteiger partial charge in [-0.3, -0.25) is 4.99 Å². The molecule has 25 heavy (non-hydrogen) atoms. The van der Waals surface area contributed by atoms with Crippen LogP contribution in [0.5, 0.6) is 0 Å². The Balaban J connectivity index is 0.00000312. The molecule has 1 atom stereocenters. The molecule has 1 aliphatic heterocycles. The van der Waals surface area contributed by atoms with E-state index < -0.39 is 0 Å². The van der Waals surface area contributed by atoms with E-state index in [9.17, 15) is 4.39 Å². The summed E-state index contributed by atoms with van der Waals surface area (Å²) in [7, 11) is 1.81. The Labute approximate surface area is 176 Å². The second kappa shape index (κ2) is 11.3. The summed E-state index contributed by atoms with van der Waals surface area (Å²) < 4.78 is 14.1. The molecule has 142 valence electrons. The minimum absolute atomic E-state index is 0. The molecule has 1 aromatic rings. The van der Waals surface area contributed by atoms with E-state index in [2.05, 4.69) is 49.9 Å². The summed E-state index contributed by atoms with van der Waals surface area (Å²) in [6.07, 6.45) is 1.20. The molecule has 1 fully saturated rings. The van der Waals surface area contributed by atoms with E-state index in [1.54, 1.807) is 12.1 Å². The fourth-order valence-electron chi connectivity index (χ4n) is 3.18. The van der Waals surface area contributed by atoms with Crippen molar-refractivity contribution in [3.63, 3.8) is 0 Å². The second-order valence-corrected chi connectivity index (χ2v) is 7.09. The van der Waals surface area contributed by atoms with Gasteiger partial charge >= 0.3 is 0 Å². The third kappa shape index (κ3) is 6.67. The Morgan fingerprint density at radius 3 is 2.72 bits per heavy atom. The maximum atomic E-state index is 13.6. The van der Waals surface area contributed by atoms with Crippen LogP contribution in [0, 0.1) is 11.7 Å². The summed E-state index contributed by atoms with van der Waals surface area (Å²) in [5.41, 5.74) is 0.913. The molecule has 4 nitrogen and oxygen atoms in total. The van der Waals surface area contributed by atoms with Gasteiger partial charge in [-0.1, -0.05) is 19.9 Å². The average molecular weight is 527 g/mol. The molecule has 1 heterocycles. The Hall–Kier alpha value is -0.410. The van der Waals surface area contributed by atoms with Gasteiger partial charge in [0.1, 0.15) is 5.82 Å². The van der Waals surface area contributed by atoms with E-state index in [-0.39, 0.29) is 29.8 Å². The molecule has 1 aliphatic rings. The number of likely N-dealkylation sites (tertiary alicyclic amines) is 1. The minimum atomic E-state index is -0.232. The van der Waals surface area contributed by atoms with Crippen molar-refractivity contribution in [1.29, 1.82) is 0 Å². The molecule has 2 rings (SSSR count). The van der Waals surface area contributed by atoms with Gasteiger partial charge in [-0.05, 0) is 59.1 Å². The average Bonchev–Trinajstić information content (AvgIpc) is 3.04. The zero-order valence-electron chi connectivity index (χ0n) is 15.3. The van der Waals surface area contributed by atoms with Gasteiger partial charge in [-0.25, -0.2) is 4.39 Å². The van der Waals surface area contributed by atoms with E-state index in [1.165, 1.54) is 6.42 Å². The predicted octanol–water partition coefficient (Wildman–Crippen LogP) is 3.95. The van der Waals surface area contributed by atoms with Crippen LogP contribution in [0.3, 0.4) is 0 Å². The van der Waals surface area contributed by atoms with E-state index in [0.29, 0.717) is 16.9 Å². The van der Waals surface area contributed by atoms with Crippen LogP contribution in [0.4, 0.5) is 4.39 Å². The summed E-state index contributed by atoms with van der Waals surface area (Å²) in [5, 5.41) is 3.36. The van der Waals surface area contributed by atoms with Gasteiger partial charge in [0.05, 0.1) is 4.47 Å². The fraction of sp³-hybridized carbons (Fsp3) is 0.611. The smallest absolute Gasteiger partial charge is 0.193 e. The molecule has 0 amide bonds. The second-order valence-electron chi connectivity index (χ2n) is 6.24. The van der Waals surface area contributed by atoms with Crippen molar-refractivity contribution in [2.24, 2.45) is 10.9 Å². The monoisotopic (exact) mass is 526 g/mol. The molecule has 0 aromatic heterocycles. The molecule has 0 spiro atoms. The van der Waals surface area contributed by atoms with Crippen molar-refractivity contribution in [1.82, 2.24) is 15.1 Å². The lowest BCUT2D eigenvalue weighted by atomic mass is 10.1. The first-order chi connectivity index (χ1) is 11.6. The molecular formula is C18H29BrFIN4. The maximum Gasteiger partial charge on any atom is 0.193 e. The zero-order chi connectivity index (χ0) is 17.5. The van der Waals surface area contributed by atoms with Crippen molar-refractivity contribution >= 4 is 45.9 Å². The van der Waals surface area contributed by atoms with Gasteiger partial charge in [0, 0.05) is 33.2 Å². The normalized spacial score (nSPS) is 17.8. The van der Waals surface area contributed by atoms with Gasteiger partial charge in [0.25, 0.3) is 0 Å². The van der Waals surface area contributed by atoms with E-state index in [0.717, 1.165) is 44.2 Å². The number of nitrogens with one attached hydrogen (secondary N) is 1. The first-order valence-corrected chi connectivity index (χ1v) is 9.48. The van der Waals surface area contributed by atoms with Crippen molar-refractivity contribution in [3.05, 3.63) is 34.1 Å². The molecule has 0 bridgehead atoms. The SMILES string of the molecule is CCN(CC)CC1CCN(C(=NC)NCc2ccc(Br)c(F)c2)C1.I. The van der Waals surface area contributed by atoms with Crippen LogP contribution in [0.15, 0.2) is 27.7 Å². The highest BCUT2D eigenvalue weighted by atomic mass is 127. The Kier molecular flexibility index (Phi) is 10.3. The molecule has 1 aromatic carbocycles. The van der Waals surface area contributed by atoms with Crippen molar-refractivity contribution in [2.45, 2.75) is 26.8 Å². The van der Waals surface area contributed by atoms with E-state index in [4.69, 9.17) is 0 Å². The minimum Gasteiger partial charge on any atom is -0.352 e. The highest BCUT2D eigenvalue weighted by Crippen LogP contribution is 2.19. The fourth-order valence-corrected chi connectivity index (χ4v) is 3.43. The Morgan fingerprint density at radius 2 is 2.12 bits per heavy atom. The summed E-state index contributed by atoms with van der Waals surface area (Å²) in [6.45, 7) is 10.4. The molecule has 0 saturated carbocycles. The summed E-state index contributed by atoms with van der Waals surface area (Å²) in [4.78, 5) is 9.18. The summed E-state index contributed by atoms with van der Waals surface area (Å²) in [6, 6.07) is 5.21. The molecule has 1 N–H and O–H groups in total. The number of aliphatic imine (C=N–C) groups is 1. The topological polar surface area (TPSA) is 30.9 Å². The maximum absolute atomic E-state index is 13.6. The van der Waals surface area contributed by atoms with Crippen LogP contribution in [-0.2, 0) is 6.54 Å². The number of halogens is 3. The number of guanidine groups is 1. The lowest BCUT2D eigenvalue weighted by Crippen LogP contribution is -2.40. The van der Waals surface area contributed by atoms with Crippen LogP contribution < -0.4 is 5.32 Å². The first-order valence-electron chi connectivity index (χ1n) is 8.69. The van der Waals surface area contributed by atoms with Crippen molar-refractivity contribution in [2.75, 3.05) is 39.8 Å². The van der Waals surface area contributed by atoms with Gasteiger partial charge in [-0.2, -0.15) is 0 Å². The number of rotatable bonds is 6. The zero-order valence-corrected chi connectivity index (χ0v) is 19.2. The standard InChI is InChI=1S/C18H28BrFN4.HI/c1-4-23(5-2)12-15-8-9-24(13-15)18(21-3)22-11-14-6-7-16(19)17(20)10-14;/h6-7,10,15H,4-5,8-9,11-13H2,1-3H3,(H,21,22);1H. The lowest BCUT2D eigenvalue weighted by Gasteiger charge is -2.24. The van der Waals surface area contributed by atoms with Crippen LogP contribution in [0.25, 0.3) is 0 Å². The van der Waals surface area contributed by atoms with E-state index >= 15 is 0 Å². The highest BCUT2D eigenvalue weighted by molar-refractivity contribution is 14.0.